The molecule has 1 saturated heterocycles. The van der Waals surface area contributed by atoms with Crippen LogP contribution in [0, 0.1) is 12.8 Å². The molecule has 1 unspecified atom stereocenters. The normalized spacial score (nSPS) is 19.3. The van der Waals surface area contributed by atoms with Crippen LogP contribution in [0.2, 0.25) is 0 Å². The van der Waals surface area contributed by atoms with E-state index in [9.17, 15) is 4.79 Å². The van der Waals surface area contributed by atoms with Crippen LogP contribution in [0.5, 0.6) is 0 Å². The van der Waals surface area contributed by atoms with Crippen LogP contribution in [0.15, 0.2) is 22.7 Å². The summed E-state index contributed by atoms with van der Waals surface area (Å²) in [5.41, 5.74) is 2.00. The van der Waals surface area contributed by atoms with E-state index in [2.05, 4.69) is 26.6 Å². The number of carbonyl (C=O) groups is 1. The molecule has 1 aliphatic rings. The molecule has 0 bridgehead atoms. The average molecular weight is 297 g/mol. The summed E-state index contributed by atoms with van der Waals surface area (Å²) in [6, 6.07) is 5.93. The van der Waals surface area contributed by atoms with Crippen LogP contribution < -0.4 is 10.6 Å². The molecule has 1 heterocycles. The van der Waals surface area contributed by atoms with E-state index in [1.807, 2.05) is 25.1 Å². The third-order valence-corrected chi connectivity index (χ3v) is 3.42. The Morgan fingerprint density at radius 1 is 1.53 bits per heavy atom. The second-order valence-electron chi connectivity index (χ2n) is 4.63. The van der Waals surface area contributed by atoms with Crippen molar-refractivity contribution in [3.63, 3.8) is 0 Å². The van der Waals surface area contributed by atoms with Crippen molar-refractivity contribution in [3.8, 4) is 0 Å². The number of carbonyl (C=O) groups excluding carboxylic acids is 1. The van der Waals surface area contributed by atoms with Gasteiger partial charge >= 0.3 is 0 Å². The Kier molecular flexibility index (Phi) is 4.18. The van der Waals surface area contributed by atoms with Crippen molar-refractivity contribution in [2.45, 2.75) is 19.8 Å². The molecule has 2 rings (SSSR count). The predicted molar refractivity (Wildman–Crippen MR) is 73.1 cm³/mol. The van der Waals surface area contributed by atoms with E-state index in [1.54, 1.807) is 0 Å². The molecule has 92 valence electrons. The van der Waals surface area contributed by atoms with E-state index in [1.165, 1.54) is 0 Å². The van der Waals surface area contributed by atoms with Gasteiger partial charge in [0.1, 0.15) is 0 Å². The Morgan fingerprint density at radius 3 is 3.00 bits per heavy atom. The minimum Gasteiger partial charge on any atom is -0.326 e. The molecule has 1 aliphatic heterocycles. The van der Waals surface area contributed by atoms with E-state index in [0.717, 1.165) is 35.2 Å². The van der Waals surface area contributed by atoms with Crippen molar-refractivity contribution in [2.24, 2.45) is 5.92 Å². The van der Waals surface area contributed by atoms with E-state index in [4.69, 9.17) is 0 Å². The van der Waals surface area contributed by atoms with Crippen molar-refractivity contribution in [3.05, 3.63) is 28.2 Å². The average Bonchev–Trinajstić information content (AvgIpc) is 2.67. The van der Waals surface area contributed by atoms with Crippen molar-refractivity contribution < 1.29 is 4.79 Å². The second-order valence-corrected chi connectivity index (χ2v) is 5.54. The molecule has 1 fully saturated rings. The van der Waals surface area contributed by atoms with Gasteiger partial charge < -0.3 is 10.6 Å². The van der Waals surface area contributed by atoms with E-state index < -0.39 is 0 Å². The number of halogens is 1. The third-order valence-electron chi connectivity index (χ3n) is 2.96. The summed E-state index contributed by atoms with van der Waals surface area (Å²) in [6.07, 6.45) is 1.71. The highest BCUT2D eigenvalue weighted by molar-refractivity contribution is 9.10. The van der Waals surface area contributed by atoms with Gasteiger partial charge in [-0.3, -0.25) is 4.79 Å². The van der Waals surface area contributed by atoms with Crippen LogP contribution >= 0.6 is 15.9 Å². The Balaban J connectivity index is 1.92. The summed E-state index contributed by atoms with van der Waals surface area (Å²) >= 11 is 3.43. The van der Waals surface area contributed by atoms with E-state index >= 15 is 0 Å². The van der Waals surface area contributed by atoms with E-state index in [-0.39, 0.29) is 5.91 Å². The van der Waals surface area contributed by atoms with Crippen molar-refractivity contribution in [1.82, 2.24) is 5.32 Å². The fraction of sp³-hybridized carbons (Fsp3) is 0.462. The lowest BCUT2D eigenvalue weighted by atomic mass is 10.0. The van der Waals surface area contributed by atoms with Crippen LogP contribution in [0.4, 0.5) is 5.69 Å². The molecule has 1 atom stereocenters. The summed E-state index contributed by atoms with van der Waals surface area (Å²) in [5.74, 6) is 0.597. The first-order valence-electron chi connectivity index (χ1n) is 5.91. The molecule has 0 radical (unpaired) electrons. The fourth-order valence-electron chi connectivity index (χ4n) is 2.17. The number of aryl methyl sites for hydroxylation is 1. The maximum atomic E-state index is 11.8. The molecule has 1 aromatic rings. The minimum absolute atomic E-state index is 0.108. The van der Waals surface area contributed by atoms with Gasteiger partial charge in [0, 0.05) is 16.6 Å². The number of hydrogen-bond acceptors (Lipinski definition) is 2. The summed E-state index contributed by atoms with van der Waals surface area (Å²) in [6.45, 7) is 4.01. The maximum absolute atomic E-state index is 11.8. The monoisotopic (exact) mass is 296 g/mol. The molecular weight excluding hydrogens is 280 g/mol. The van der Waals surface area contributed by atoms with Crippen LogP contribution in [0.1, 0.15) is 18.4 Å². The topological polar surface area (TPSA) is 41.1 Å². The van der Waals surface area contributed by atoms with Crippen molar-refractivity contribution in [1.29, 1.82) is 0 Å². The smallest absolute Gasteiger partial charge is 0.224 e. The van der Waals surface area contributed by atoms with Crippen LogP contribution in [0.25, 0.3) is 0 Å². The number of benzene rings is 1. The van der Waals surface area contributed by atoms with E-state index in [0.29, 0.717) is 12.3 Å². The second kappa shape index (κ2) is 5.65. The highest BCUT2D eigenvalue weighted by atomic mass is 79.9. The molecule has 0 saturated carbocycles. The zero-order valence-electron chi connectivity index (χ0n) is 9.92. The Morgan fingerprint density at radius 2 is 2.35 bits per heavy atom. The van der Waals surface area contributed by atoms with Gasteiger partial charge in [-0.1, -0.05) is 15.9 Å². The fourth-order valence-corrected chi connectivity index (χ4v) is 2.78. The first-order chi connectivity index (χ1) is 8.13. The van der Waals surface area contributed by atoms with Crippen LogP contribution in [0.3, 0.4) is 0 Å². The first-order valence-corrected chi connectivity index (χ1v) is 6.70. The highest BCUT2D eigenvalue weighted by Crippen LogP contribution is 2.20. The number of nitrogens with one attached hydrogen (secondary N) is 2. The molecule has 1 aromatic carbocycles. The first kappa shape index (κ1) is 12.6. The quantitative estimate of drug-likeness (QED) is 0.900. The van der Waals surface area contributed by atoms with Gasteiger partial charge in [-0.05, 0) is 56.1 Å². The summed E-state index contributed by atoms with van der Waals surface area (Å²) in [5, 5.41) is 6.23. The standard InChI is InChI=1S/C13H17BrN2O/c1-9-4-11(14)7-12(5-9)16-13(17)6-10-2-3-15-8-10/h4-5,7,10,15H,2-3,6,8H2,1H3,(H,16,17). The zero-order chi connectivity index (χ0) is 12.3. The van der Waals surface area contributed by atoms with Gasteiger partial charge in [0.2, 0.25) is 5.91 Å². The van der Waals surface area contributed by atoms with Crippen LogP contribution in [-0.2, 0) is 4.79 Å². The largest absolute Gasteiger partial charge is 0.326 e. The maximum Gasteiger partial charge on any atom is 0.224 e. The number of hydrogen-bond donors (Lipinski definition) is 2. The van der Waals surface area contributed by atoms with Gasteiger partial charge in [-0.15, -0.1) is 0 Å². The Labute approximate surface area is 110 Å². The number of rotatable bonds is 3. The van der Waals surface area contributed by atoms with Gasteiger partial charge in [-0.25, -0.2) is 0 Å². The molecule has 0 aromatic heterocycles. The van der Waals surface area contributed by atoms with Gasteiger partial charge in [0.25, 0.3) is 0 Å². The SMILES string of the molecule is Cc1cc(Br)cc(NC(=O)CC2CCNC2)c1. The summed E-state index contributed by atoms with van der Waals surface area (Å²) in [4.78, 5) is 11.8. The number of amides is 1. The van der Waals surface area contributed by atoms with Gasteiger partial charge in [0.05, 0.1) is 0 Å². The molecule has 4 heteroatoms. The Bertz CT molecular complexity index is 394. The molecule has 17 heavy (non-hydrogen) atoms. The van der Waals surface area contributed by atoms with Crippen molar-refractivity contribution in [2.75, 3.05) is 18.4 Å². The highest BCUT2D eigenvalue weighted by Gasteiger charge is 2.17. The lowest BCUT2D eigenvalue weighted by molar-refractivity contribution is -0.116. The van der Waals surface area contributed by atoms with Gasteiger partial charge in [0.15, 0.2) is 0 Å². The number of anilines is 1. The zero-order valence-corrected chi connectivity index (χ0v) is 11.5. The van der Waals surface area contributed by atoms with Gasteiger partial charge in [-0.2, -0.15) is 0 Å². The summed E-state index contributed by atoms with van der Waals surface area (Å²) in [7, 11) is 0. The predicted octanol–water partition coefficient (Wildman–Crippen LogP) is 2.70. The molecule has 3 nitrogen and oxygen atoms in total. The molecule has 2 N–H and O–H groups in total. The molecule has 0 aliphatic carbocycles. The third kappa shape index (κ3) is 3.82. The lowest BCUT2D eigenvalue weighted by Gasteiger charge is -2.10. The Hall–Kier alpha value is -0.870. The summed E-state index contributed by atoms with van der Waals surface area (Å²) < 4.78 is 0.996. The van der Waals surface area contributed by atoms with Crippen LogP contribution in [-0.4, -0.2) is 19.0 Å². The lowest BCUT2D eigenvalue weighted by Crippen LogP contribution is -2.18. The molecular formula is C13H17BrN2O. The molecule has 1 amide bonds. The molecule has 0 spiro atoms. The van der Waals surface area contributed by atoms with Crippen molar-refractivity contribution >= 4 is 27.5 Å². The minimum atomic E-state index is 0.108.